The van der Waals surface area contributed by atoms with Crippen molar-refractivity contribution in [2.24, 2.45) is 0 Å². The lowest BCUT2D eigenvalue weighted by Crippen LogP contribution is -2.51. The predicted molar refractivity (Wildman–Crippen MR) is 114 cm³/mol. The molecule has 2 aliphatic rings. The van der Waals surface area contributed by atoms with Crippen LogP contribution in [0.4, 0.5) is 0 Å². The zero-order valence-corrected chi connectivity index (χ0v) is 17.9. The first-order valence-corrected chi connectivity index (χ1v) is 10.9. The van der Waals surface area contributed by atoms with Gasteiger partial charge in [-0.25, -0.2) is 0 Å². The van der Waals surface area contributed by atoms with Gasteiger partial charge in [0.05, 0.1) is 19.3 Å². The number of benzene rings is 1. The highest BCUT2D eigenvalue weighted by molar-refractivity contribution is 5.99. The largest absolute Gasteiger partial charge is 0.451 e. The van der Waals surface area contributed by atoms with Crippen molar-refractivity contribution in [1.82, 2.24) is 14.7 Å². The van der Waals surface area contributed by atoms with E-state index in [1.165, 1.54) is 0 Å². The SMILES string of the molecule is CC(C)OCc1c(C(=O)N2CCN(CC(=O)N3CCCC3)CC2)oc2ccccc12. The van der Waals surface area contributed by atoms with Gasteiger partial charge in [-0.15, -0.1) is 0 Å². The molecular formula is C23H31N3O4. The Hall–Kier alpha value is -2.38. The molecule has 7 heteroatoms. The highest BCUT2D eigenvalue weighted by Gasteiger charge is 2.29. The van der Waals surface area contributed by atoms with E-state index in [-0.39, 0.29) is 17.9 Å². The van der Waals surface area contributed by atoms with E-state index >= 15 is 0 Å². The molecule has 2 saturated heterocycles. The van der Waals surface area contributed by atoms with Crippen LogP contribution in [0.3, 0.4) is 0 Å². The van der Waals surface area contributed by atoms with Gasteiger partial charge in [-0.3, -0.25) is 14.5 Å². The molecule has 0 unspecified atom stereocenters. The third kappa shape index (κ3) is 4.52. The van der Waals surface area contributed by atoms with Gasteiger partial charge >= 0.3 is 0 Å². The molecule has 0 saturated carbocycles. The summed E-state index contributed by atoms with van der Waals surface area (Å²) in [4.78, 5) is 31.6. The monoisotopic (exact) mass is 413 g/mol. The Morgan fingerprint density at radius 3 is 2.40 bits per heavy atom. The Morgan fingerprint density at radius 2 is 1.70 bits per heavy atom. The summed E-state index contributed by atoms with van der Waals surface area (Å²) in [5, 5.41) is 0.927. The number of carbonyl (C=O) groups is 2. The van der Waals surface area contributed by atoms with Crippen LogP contribution in [0.1, 0.15) is 42.8 Å². The zero-order chi connectivity index (χ0) is 21.1. The average molecular weight is 414 g/mol. The van der Waals surface area contributed by atoms with Gasteiger partial charge in [0.2, 0.25) is 5.91 Å². The lowest BCUT2D eigenvalue weighted by molar-refractivity contribution is -0.131. The maximum Gasteiger partial charge on any atom is 0.290 e. The third-order valence-corrected chi connectivity index (χ3v) is 5.93. The molecule has 4 rings (SSSR count). The van der Waals surface area contributed by atoms with Crippen LogP contribution < -0.4 is 0 Å². The van der Waals surface area contributed by atoms with Crippen molar-refractivity contribution in [3.8, 4) is 0 Å². The van der Waals surface area contributed by atoms with Crippen molar-refractivity contribution < 1.29 is 18.7 Å². The summed E-state index contributed by atoms with van der Waals surface area (Å²) in [6.07, 6.45) is 2.28. The first-order valence-electron chi connectivity index (χ1n) is 10.9. The predicted octanol–water partition coefficient (Wildman–Crippen LogP) is 2.74. The number of hydrogen-bond donors (Lipinski definition) is 0. The molecule has 0 spiro atoms. The smallest absolute Gasteiger partial charge is 0.290 e. The van der Waals surface area contributed by atoms with Crippen molar-refractivity contribution in [2.45, 2.75) is 39.4 Å². The third-order valence-electron chi connectivity index (χ3n) is 5.93. The van der Waals surface area contributed by atoms with Crippen LogP contribution in [0, 0.1) is 0 Å². The summed E-state index contributed by atoms with van der Waals surface area (Å²) in [7, 11) is 0. The van der Waals surface area contributed by atoms with E-state index in [0.717, 1.165) is 36.9 Å². The van der Waals surface area contributed by atoms with Gasteiger partial charge in [0.15, 0.2) is 5.76 Å². The van der Waals surface area contributed by atoms with Crippen LogP contribution in [0.5, 0.6) is 0 Å². The van der Waals surface area contributed by atoms with Crippen LogP contribution in [-0.4, -0.2) is 78.4 Å². The van der Waals surface area contributed by atoms with Crippen molar-refractivity contribution >= 4 is 22.8 Å². The number of fused-ring (bicyclic) bond motifs is 1. The molecule has 7 nitrogen and oxygen atoms in total. The van der Waals surface area contributed by atoms with Gasteiger partial charge in [-0.2, -0.15) is 0 Å². The zero-order valence-electron chi connectivity index (χ0n) is 17.9. The molecule has 0 radical (unpaired) electrons. The molecule has 3 heterocycles. The van der Waals surface area contributed by atoms with E-state index in [4.69, 9.17) is 9.15 Å². The molecule has 1 aromatic carbocycles. The Kier molecular flexibility index (Phi) is 6.39. The number of likely N-dealkylation sites (tertiary alicyclic amines) is 1. The van der Waals surface area contributed by atoms with Gasteiger partial charge in [-0.1, -0.05) is 18.2 Å². The molecule has 2 amide bonds. The quantitative estimate of drug-likeness (QED) is 0.729. The number of ether oxygens (including phenoxy) is 1. The molecule has 2 fully saturated rings. The van der Waals surface area contributed by atoms with E-state index in [9.17, 15) is 9.59 Å². The summed E-state index contributed by atoms with van der Waals surface area (Å²) in [6.45, 7) is 9.09. The minimum atomic E-state index is -0.0981. The van der Waals surface area contributed by atoms with Gasteiger partial charge in [0.25, 0.3) is 5.91 Å². The van der Waals surface area contributed by atoms with Gasteiger partial charge in [0.1, 0.15) is 5.58 Å². The number of nitrogens with zero attached hydrogens (tertiary/aromatic N) is 3. The van der Waals surface area contributed by atoms with E-state index in [2.05, 4.69) is 4.90 Å². The maximum absolute atomic E-state index is 13.3. The van der Waals surface area contributed by atoms with Gasteiger partial charge in [-0.05, 0) is 32.8 Å². The van der Waals surface area contributed by atoms with E-state index in [1.807, 2.05) is 47.9 Å². The second-order valence-corrected chi connectivity index (χ2v) is 8.42. The molecule has 0 N–H and O–H groups in total. The number of furan rings is 1. The molecule has 0 atom stereocenters. The van der Waals surface area contributed by atoms with Crippen molar-refractivity contribution in [1.29, 1.82) is 0 Å². The van der Waals surface area contributed by atoms with Crippen molar-refractivity contribution in [2.75, 3.05) is 45.8 Å². The summed E-state index contributed by atoms with van der Waals surface area (Å²) >= 11 is 0. The Morgan fingerprint density at radius 1 is 1.00 bits per heavy atom. The number of piperazine rings is 1. The van der Waals surface area contributed by atoms with Crippen molar-refractivity contribution in [3.05, 3.63) is 35.6 Å². The fourth-order valence-electron chi connectivity index (χ4n) is 4.18. The summed E-state index contributed by atoms with van der Waals surface area (Å²) in [5.74, 6) is 0.482. The number of hydrogen-bond acceptors (Lipinski definition) is 5. The van der Waals surface area contributed by atoms with E-state index in [0.29, 0.717) is 50.7 Å². The summed E-state index contributed by atoms with van der Waals surface area (Å²) < 4.78 is 11.8. The molecule has 2 aromatic rings. The highest BCUT2D eigenvalue weighted by Crippen LogP contribution is 2.28. The molecule has 30 heavy (non-hydrogen) atoms. The molecule has 2 aliphatic heterocycles. The topological polar surface area (TPSA) is 66.2 Å². The van der Waals surface area contributed by atoms with Crippen LogP contribution in [0.2, 0.25) is 0 Å². The maximum atomic E-state index is 13.3. The lowest BCUT2D eigenvalue weighted by Gasteiger charge is -2.34. The van der Waals surface area contributed by atoms with Crippen molar-refractivity contribution in [3.63, 3.8) is 0 Å². The lowest BCUT2D eigenvalue weighted by atomic mass is 10.1. The Labute approximate surface area is 177 Å². The normalized spacial score (nSPS) is 18.0. The molecular weight excluding hydrogens is 382 g/mol. The van der Waals surface area contributed by atoms with Crippen LogP contribution in [-0.2, 0) is 16.1 Å². The Balaban J connectivity index is 1.42. The molecule has 1 aromatic heterocycles. The minimum Gasteiger partial charge on any atom is -0.451 e. The fraction of sp³-hybridized carbons (Fsp3) is 0.565. The van der Waals surface area contributed by atoms with Crippen LogP contribution in [0.25, 0.3) is 11.0 Å². The number of rotatable bonds is 6. The van der Waals surface area contributed by atoms with Crippen LogP contribution in [0.15, 0.2) is 28.7 Å². The minimum absolute atomic E-state index is 0.0679. The number of amides is 2. The summed E-state index contributed by atoms with van der Waals surface area (Å²) in [5.41, 5.74) is 1.52. The summed E-state index contributed by atoms with van der Waals surface area (Å²) in [6, 6.07) is 7.70. The van der Waals surface area contributed by atoms with Crippen LogP contribution >= 0.6 is 0 Å². The molecule has 0 aliphatic carbocycles. The second kappa shape index (κ2) is 9.18. The van der Waals surface area contributed by atoms with E-state index < -0.39 is 0 Å². The number of para-hydroxylation sites is 1. The number of carbonyl (C=O) groups excluding carboxylic acids is 2. The first kappa shape index (κ1) is 20.9. The standard InChI is InChI=1S/C23H31N3O4/c1-17(2)29-16-19-18-7-3-4-8-20(18)30-22(19)23(28)26-13-11-24(12-14-26)15-21(27)25-9-5-6-10-25/h3-4,7-8,17H,5-6,9-16H2,1-2H3. The molecule has 0 bridgehead atoms. The Bertz CT molecular complexity index is 893. The van der Waals surface area contributed by atoms with Gasteiger partial charge < -0.3 is 19.0 Å². The second-order valence-electron chi connectivity index (χ2n) is 8.42. The van der Waals surface area contributed by atoms with E-state index in [1.54, 1.807) is 0 Å². The highest BCUT2D eigenvalue weighted by atomic mass is 16.5. The fourth-order valence-corrected chi connectivity index (χ4v) is 4.18. The van der Waals surface area contributed by atoms with Gasteiger partial charge in [0, 0.05) is 50.2 Å². The molecule has 162 valence electrons. The average Bonchev–Trinajstić information content (AvgIpc) is 3.40. The first-order chi connectivity index (χ1) is 14.5.